The lowest BCUT2D eigenvalue weighted by molar-refractivity contribution is 0.807. The molecule has 0 aliphatic rings. The monoisotopic (exact) mass is 204 g/mol. The molecule has 0 bridgehead atoms. The smallest absolute Gasteiger partial charge is 0.128 e. The van der Waals surface area contributed by atoms with Crippen LogP contribution in [0.3, 0.4) is 0 Å². The quantitative estimate of drug-likeness (QED) is 0.806. The zero-order valence-corrected chi connectivity index (χ0v) is 9.14. The molecule has 0 amide bonds. The Kier molecular flexibility index (Phi) is 4.07. The fraction of sp³-hybridized carbons (Fsp3) is 0.455. The average molecular weight is 204 g/mol. The van der Waals surface area contributed by atoms with E-state index in [4.69, 9.17) is 11.0 Å². The van der Waals surface area contributed by atoms with Crippen molar-refractivity contribution in [3.63, 3.8) is 0 Å². The van der Waals surface area contributed by atoms with E-state index in [9.17, 15) is 0 Å². The predicted octanol–water partition coefficient (Wildman–Crippen LogP) is 1.45. The maximum absolute atomic E-state index is 8.47. The van der Waals surface area contributed by atoms with Gasteiger partial charge in [0.05, 0.1) is 12.5 Å². The Bertz CT molecular complexity index is 337. The van der Waals surface area contributed by atoms with Crippen LogP contribution in [0.5, 0.6) is 0 Å². The largest absolute Gasteiger partial charge is 0.359 e. The molecule has 0 aromatic carbocycles. The van der Waals surface area contributed by atoms with Crippen molar-refractivity contribution in [1.29, 1.82) is 5.26 Å². The summed E-state index contributed by atoms with van der Waals surface area (Å²) in [4.78, 5) is 6.24. The molecule has 0 unspecified atom stereocenters. The molecule has 0 fully saturated rings. The highest BCUT2D eigenvalue weighted by Gasteiger charge is 2.03. The molecule has 0 aliphatic heterocycles. The van der Waals surface area contributed by atoms with Gasteiger partial charge in [-0.2, -0.15) is 5.26 Å². The van der Waals surface area contributed by atoms with Crippen LogP contribution in [0.4, 0.5) is 5.82 Å². The molecule has 0 spiro atoms. The lowest BCUT2D eigenvalue weighted by Crippen LogP contribution is -2.19. The maximum atomic E-state index is 8.47. The number of hydrogen-bond acceptors (Lipinski definition) is 4. The normalized spacial score (nSPS) is 11.9. The Morgan fingerprint density at radius 2 is 2.33 bits per heavy atom. The van der Waals surface area contributed by atoms with Crippen molar-refractivity contribution in [1.82, 2.24) is 4.98 Å². The van der Waals surface area contributed by atoms with Crippen LogP contribution in [-0.2, 0) is 0 Å². The zero-order chi connectivity index (χ0) is 11.3. The average Bonchev–Trinajstić information content (AvgIpc) is 2.26. The van der Waals surface area contributed by atoms with Crippen LogP contribution in [0.15, 0.2) is 18.3 Å². The van der Waals surface area contributed by atoms with Crippen molar-refractivity contribution in [2.75, 3.05) is 18.5 Å². The third-order valence-corrected chi connectivity index (χ3v) is 2.25. The van der Waals surface area contributed by atoms with Crippen molar-refractivity contribution in [3.05, 3.63) is 23.9 Å². The van der Waals surface area contributed by atoms with Gasteiger partial charge in [-0.1, -0.05) is 6.07 Å². The van der Waals surface area contributed by atoms with E-state index in [1.165, 1.54) is 0 Å². The number of nitrogens with two attached hydrogens (primary N) is 1. The van der Waals surface area contributed by atoms with Crippen LogP contribution in [0, 0.1) is 11.3 Å². The summed E-state index contributed by atoms with van der Waals surface area (Å²) in [7, 11) is 1.92. The lowest BCUT2D eigenvalue weighted by Gasteiger charge is -2.16. The second kappa shape index (κ2) is 5.32. The summed E-state index contributed by atoms with van der Waals surface area (Å²) in [6.07, 6.45) is 2.29. The van der Waals surface area contributed by atoms with Crippen LogP contribution < -0.4 is 10.6 Å². The minimum Gasteiger partial charge on any atom is -0.359 e. The van der Waals surface area contributed by atoms with Gasteiger partial charge in [0.25, 0.3) is 0 Å². The highest BCUT2D eigenvalue weighted by Crippen LogP contribution is 2.13. The SMILES string of the molecule is C[C@@H](N)c1ccc(N(C)CCC#N)nc1. The molecule has 1 rings (SSSR count). The summed E-state index contributed by atoms with van der Waals surface area (Å²) in [5.41, 5.74) is 6.74. The number of pyridine rings is 1. The highest BCUT2D eigenvalue weighted by molar-refractivity contribution is 5.38. The standard InChI is InChI=1S/C11H16N4/c1-9(13)10-4-5-11(14-8-10)15(2)7-3-6-12/h4-5,8-9H,3,7,13H2,1-2H3/t9-/m1/s1. The van der Waals surface area contributed by atoms with Crippen LogP contribution >= 0.6 is 0 Å². The number of aromatic nitrogens is 1. The van der Waals surface area contributed by atoms with Gasteiger partial charge < -0.3 is 10.6 Å². The number of anilines is 1. The predicted molar refractivity (Wildman–Crippen MR) is 60.3 cm³/mol. The Morgan fingerprint density at radius 1 is 1.60 bits per heavy atom. The van der Waals surface area contributed by atoms with E-state index in [1.807, 2.05) is 31.0 Å². The van der Waals surface area contributed by atoms with Gasteiger partial charge >= 0.3 is 0 Å². The number of nitrogens with zero attached hydrogens (tertiary/aromatic N) is 3. The Balaban J connectivity index is 2.67. The maximum Gasteiger partial charge on any atom is 0.128 e. The van der Waals surface area contributed by atoms with Crippen LogP contribution in [0.2, 0.25) is 0 Å². The molecule has 1 heterocycles. The molecule has 1 atom stereocenters. The van der Waals surface area contributed by atoms with E-state index in [0.717, 1.165) is 11.4 Å². The van der Waals surface area contributed by atoms with Crippen molar-refractivity contribution in [2.24, 2.45) is 5.73 Å². The third-order valence-electron chi connectivity index (χ3n) is 2.25. The molecular formula is C11H16N4. The van der Waals surface area contributed by atoms with Gasteiger partial charge in [-0.3, -0.25) is 0 Å². The van der Waals surface area contributed by atoms with E-state index in [2.05, 4.69) is 11.1 Å². The molecule has 1 aromatic rings. The van der Waals surface area contributed by atoms with Gasteiger partial charge in [0.1, 0.15) is 5.82 Å². The Morgan fingerprint density at radius 3 is 2.80 bits per heavy atom. The van der Waals surface area contributed by atoms with Gasteiger partial charge in [0, 0.05) is 25.8 Å². The fourth-order valence-corrected chi connectivity index (χ4v) is 1.22. The van der Waals surface area contributed by atoms with Gasteiger partial charge in [0.2, 0.25) is 0 Å². The van der Waals surface area contributed by atoms with Crippen LogP contribution in [-0.4, -0.2) is 18.6 Å². The first-order chi connectivity index (χ1) is 7.15. The van der Waals surface area contributed by atoms with E-state index in [0.29, 0.717) is 13.0 Å². The van der Waals surface area contributed by atoms with Crippen LogP contribution in [0.25, 0.3) is 0 Å². The fourth-order valence-electron chi connectivity index (χ4n) is 1.22. The first-order valence-corrected chi connectivity index (χ1v) is 4.94. The van der Waals surface area contributed by atoms with E-state index in [-0.39, 0.29) is 6.04 Å². The number of hydrogen-bond donors (Lipinski definition) is 1. The van der Waals surface area contributed by atoms with Crippen molar-refractivity contribution in [3.8, 4) is 6.07 Å². The molecule has 4 heteroatoms. The molecule has 0 saturated carbocycles. The Labute approximate surface area is 90.3 Å². The minimum absolute atomic E-state index is 0.0102. The first-order valence-electron chi connectivity index (χ1n) is 4.94. The minimum atomic E-state index is 0.0102. The second-order valence-corrected chi connectivity index (χ2v) is 3.57. The van der Waals surface area contributed by atoms with Gasteiger partial charge in [-0.15, -0.1) is 0 Å². The summed E-state index contributed by atoms with van der Waals surface area (Å²) in [5, 5.41) is 8.47. The molecular weight excluding hydrogens is 188 g/mol. The molecule has 15 heavy (non-hydrogen) atoms. The van der Waals surface area contributed by atoms with Crippen LogP contribution in [0.1, 0.15) is 24.9 Å². The summed E-state index contributed by atoms with van der Waals surface area (Å²) in [6.45, 7) is 2.62. The summed E-state index contributed by atoms with van der Waals surface area (Å²) >= 11 is 0. The second-order valence-electron chi connectivity index (χ2n) is 3.57. The highest BCUT2D eigenvalue weighted by atomic mass is 15.2. The number of rotatable bonds is 4. The summed E-state index contributed by atoms with van der Waals surface area (Å²) in [5.74, 6) is 0.870. The van der Waals surface area contributed by atoms with Gasteiger partial charge in [0.15, 0.2) is 0 Å². The van der Waals surface area contributed by atoms with Crippen molar-refractivity contribution >= 4 is 5.82 Å². The van der Waals surface area contributed by atoms with Gasteiger partial charge in [-0.25, -0.2) is 4.98 Å². The zero-order valence-electron chi connectivity index (χ0n) is 9.14. The third kappa shape index (κ3) is 3.22. The number of nitriles is 1. The lowest BCUT2D eigenvalue weighted by atomic mass is 10.1. The molecule has 4 nitrogen and oxygen atoms in total. The van der Waals surface area contributed by atoms with Crippen molar-refractivity contribution < 1.29 is 0 Å². The van der Waals surface area contributed by atoms with E-state index in [1.54, 1.807) is 6.20 Å². The van der Waals surface area contributed by atoms with Crippen molar-refractivity contribution in [2.45, 2.75) is 19.4 Å². The molecule has 0 aliphatic carbocycles. The molecule has 80 valence electrons. The topological polar surface area (TPSA) is 65.9 Å². The first kappa shape index (κ1) is 11.5. The van der Waals surface area contributed by atoms with Gasteiger partial charge in [-0.05, 0) is 18.6 Å². The molecule has 1 aromatic heterocycles. The summed E-state index contributed by atoms with van der Waals surface area (Å²) < 4.78 is 0. The molecule has 0 saturated heterocycles. The van der Waals surface area contributed by atoms with E-state index < -0.39 is 0 Å². The summed E-state index contributed by atoms with van der Waals surface area (Å²) in [6, 6.07) is 6.01. The molecule has 0 radical (unpaired) electrons. The molecule has 2 N–H and O–H groups in total. The van der Waals surface area contributed by atoms with E-state index >= 15 is 0 Å². The Hall–Kier alpha value is -1.60.